The minimum absolute atomic E-state index is 0.00897. The molecule has 0 radical (unpaired) electrons. The number of hydrazine groups is 1. The highest BCUT2D eigenvalue weighted by atomic mass is 79.9. The minimum Gasteiger partial charge on any atom is -0.343 e. The van der Waals surface area contributed by atoms with Gasteiger partial charge in [-0.25, -0.2) is 4.39 Å². The van der Waals surface area contributed by atoms with Gasteiger partial charge in [0.2, 0.25) is 5.91 Å². The molecule has 0 unspecified atom stereocenters. The lowest BCUT2D eigenvalue weighted by molar-refractivity contribution is -0.128. The molecular weight excluding hydrogens is 393 g/mol. The van der Waals surface area contributed by atoms with Gasteiger partial charge in [-0.15, -0.1) is 0 Å². The zero-order chi connectivity index (χ0) is 18.2. The van der Waals surface area contributed by atoms with Crippen molar-refractivity contribution >= 4 is 33.7 Å². The van der Waals surface area contributed by atoms with Gasteiger partial charge in [-0.05, 0) is 35.9 Å². The summed E-state index contributed by atoms with van der Waals surface area (Å²) in [7, 11) is 0. The summed E-state index contributed by atoms with van der Waals surface area (Å²) in [5.41, 5.74) is 5.44. The van der Waals surface area contributed by atoms with Gasteiger partial charge in [0.05, 0.1) is 13.0 Å². The van der Waals surface area contributed by atoms with E-state index >= 15 is 0 Å². The second kappa shape index (κ2) is 8.93. The molecule has 3 amide bonds. The van der Waals surface area contributed by atoms with Crippen LogP contribution in [0.3, 0.4) is 0 Å². The van der Waals surface area contributed by atoms with E-state index in [9.17, 15) is 18.8 Å². The third-order valence-electron chi connectivity index (χ3n) is 3.12. The Balaban J connectivity index is 1.72. The van der Waals surface area contributed by atoms with Gasteiger partial charge in [0, 0.05) is 10.0 Å². The number of carbonyl (C=O) groups excluding carboxylic acids is 3. The fourth-order valence-corrected chi connectivity index (χ4v) is 2.31. The van der Waals surface area contributed by atoms with Crippen molar-refractivity contribution in [3.63, 3.8) is 0 Å². The van der Waals surface area contributed by atoms with Gasteiger partial charge in [-0.1, -0.05) is 34.1 Å². The molecule has 0 heterocycles. The van der Waals surface area contributed by atoms with Crippen molar-refractivity contribution in [2.45, 2.75) is 6.42 Å². The van der Waals surface area contributed by atoms with Crippen LogP contribution < -0.4 is 16.2 Å². The summed E-state index contributed by atoms with van der Waals surface area (Å²) >= 11 is 3.25. The van der Waals surface area contributed by atoms with E-state index in [-0.39, 0.29) is 13.0 Å². The standard InChI is InChI=1S/C17H15BrFN3O3/c18-13-3-1-2-12(9-13)17(25)20-10-16(24)22-21-15(23)8-11-4-6-14(19)7-5-11/h1-7,9H,8,10H2,(H,20,25)(H,21,23)(H,22,24). The van der Waals surface area contributed by atoms with Gasteiger partial charge in [0.1, 0.15) is 5.82 Å². The van der Waals surface area contributed by atoms with Crippen molar-refractivity contribution in [2.24, 2.45) is 0 Å². The molecule has 2 aromatic rings. The first kappa shape index (κ1) is 18.6. The molecule has 0 aliphatic carbocycles. The molecule has 130 valence electrons. The van der Waals surface area contributed by atoms with Crippen molar-refractivity contribution in [1.29, 1.82) is 0 Å². The van der Waals surface area contributed by atoms with E-state index in [1.54, 1.807) is 24.3 Å². The van der Waals surface area contributed by atoms with Crippen molar-refractivity contribution in [3.8, 4) is 0 Å². The molecule has 0 saturated carbocycles. The van der Waals surface area contributed by atoms with E-state index in [4.69, 9.17) is 0 Å². The van der Waals surface area contributed by atoms with E-state index in [2.05, 4.69) is 32.1 Å². The lowest BCUT2D eigenvalue weighted by atomic mass is 10.1. The molecule has 2 rings (SSSR count). The van der Waals surface area contributed by atoms with Gasteiger partial charge in [-0.2, -0.15) is 0 Å². The second-order valence-electron chi connectivity index (χ2n) is 5.09. The average molecular weight is 408 g/mol. The first-order valence-corrected chi connectivity index (χ1v) is 8.09. The highest BCUT2D eigenvalue weighted by molar-refractivity contribution is 9.10. The topological polar surface area (TPSA) is 87.3 Å². The van der Waals surface area contributed by atoms with E-state index in [1.807, 2.05) is 0 Å². The van der Waals surface area contributed by atoms with Crippen LogP contribution in [0.4, 0.5) is 4.39 Å². The fraction of sp³-hybridized carbons (Fsp3) is 0.118. The van der Waals surface area contributed by atoms with Crippen LogP contribution in [0.1, 0.15) is 15.9 Å². The van der Waals surface area contributed by atoms with Crippen molar-refractivity contribution in [2.75, 3.05) is 6.54 Å². The zero-order valence-electron chi connectivity index (χ0n) is 13.0. The Bertz CT molecular complexity index is 781. The Morgan fingerprint density at radius 1 is 0.960 bits per heavy atom. The molecule has 2 aromatic carbocycles. The SMILES string of the molecule is O=C(CNC(=O)c1cccc(Br)c1)NNC(=O)Cc1ccc(F)cc1. The molecule has 0 aromatic heterocycles. The van der Waals surface area contributed by atoms with Gasteiger partial charge >= 0.3 is 0 Å². The summed E-state index contributed by atoms with van der Waals surface area (Å²) in [6, 6.07) is 12.2. The summed E-state index contributed by atoms with van der Waals surface area (Å²) in [6.45, 7) is -0.290. The summed E-state index contributed by atoms with van der Waals surface area (Å²) in [5, 5.41) is 2.44. The quantitative estimate of drug-likeness (QED) is 0.659. The average Bonchev–Trinajstić information content (AvgIpc) is 2.60. The summed E-state index contributed by atoms with van der Waals surface area (Å²) in [5.74, 6) is -1.83. The second-order valence-corrected chi connectivity index (χ2v) is 6.01. The van der Waals surface area contributed by atoms with Crippen molar-refractivity contribution < 1.29 is 18.8 Å². The Kier molecular flexibility index (Phi) is 6.64. The van der Waals surface area contributed by atoms with E-state index in [0.29, 0.717) is 11.1 Å². The molecule has 8 heteroatoms. The highest BCUT2D eigenvalue weighted by Gasteiger charge is 2.09. The monoisotopic (exact) mass is 407 g/mol. The number of rotatable bonds is 5. The number of halogens is 2. The highest BCUT2D eigenvalue weighted by Crippen LogP contribution is 2.11. The van der Waals surface area contributed by atoms with Crippen molar-refractivity contribution in [1.82, 2.24) is 16.2 Å². The number of nitrogens with one attached hydrogen (secondary N) is 3. The molecule has 0 atom stereocenters. The maximum absolute atomic E-state index is 12.8. The number of benzene rings is 2. The lowest BCUT2D eigenvalue weighted by Crippen LogP contribution is -2.46. The smallest absolute Gasteiger partial charge is 0.257 e. The van der Waals surface area contributed by atoms with Crippen LogP contribution in [0, 0.1) is 5.82 Å². The number of hydrogen-bond acceptors (Lipinski definition) is 3. The predicted molar refractivity (Wildman–Crippen MR) is 92.9 cm³/mol. The van der Waals surface area contributed by atoms with Crippen LogP contribution in [0.15, 0.2) is 53.0 Å². The number of carbonyl (C=O) groups is 3. The Labute approximate surface area is 151 Å². The van der Waals surface area contributed by atoms with Gasteiger partial charge in [0.15, 0.2) is 0 Å². The normalized spacial score (nSPS) is 10.0. The minimum atomic E-state index is -0.573. The van der Waals surface area contributed by atoms with E-state index in [1.165, 1.54) is 24.3 Å². The molecule has 0 fully saturated rings. The molecule has 25 heavy (non-hydrogen) atoms. The van der Waals surface area contributed by atoms with Gasteiger partial charge < -0.3 is 5.32 Å². The number of hydrogen-bond donors (Lipinski definition) is 3. The largest absolute Gasteiger partial charge is 0.343 e. The Morgan fingerprint density at radius 3 is 2.32 bits per heavy atom. The maximum Gasteiger partial charge on any atom is 0.257 e. The molecule has 0 aliphatic rings. The van der Waals surface area contributed by atoms with E-state index in [0.717, 1.165) is 4.47 Å². The zero-order valence-corrected chi connectivity index (χ0v) is 14.6. The third kappa shape index (κ3) is 6.34. The summed E-state index contributed by atoms with van der Waals surface area (Å²) in [6.07, 6.45) is -0.00897. The number of amides is 3. The Morgan fingerprint density at radius 2 is 1.64 bits per heavy atom. The van der Waals surface area contributed by atoms with Crippen LogP contribution in [0.2, 0.25) is 0 Å². The van der Waals surface area contributed by atoms with E-state index < -0.39 is 23.5 Å². The van der Waals surface area contributed by atoms with Crippen molar-refractivity contribution in [3.05, 3.63) is 69.9 Å². The van der Waals surface area contributed by atoms with Crippen LogP contribution in [-0.2, 0) is 16.0 Å². The molecule has 6 nitrogen and oxygen atoms in total. The molecule has 0 aliphatic heterocycles. The molecule has 0 saturated heterocycles. The third-order valence-corrected chi connectivity index (χ3v) is 3.61. The fourth-order valence-electron chi connectivity index (χ4n) is 1.91. The van der Waals surface area contributed by atoms with Gasteiger partial charge in [-0.3, -0.25) is 25.2 Å². The molecular formula is C17H15BrFN3O3. The van der Waals surface area contributed by atoms with Crippen LogP contribution in [-0.4, -0.2) is 24.3 Å². The van der Waals surface area contributed by atoms with Crippen LogP contribution in [0.25, 0.3) is 0 Å². The Hall–Kier alpha value is -2.74. The van der Waals surface area contributed by atoms with Crippen LogP contribution in [0.5, 0.6) is 0 Å². The first-order valence-electron chi connectivity index (χ1n) is 7.30. The van der Waals surface area contributed by atoms with Crippen LogP contribution >= 0.6 is 15.9 Å². The lowest BCUT2D eigenvalue weighted by Gasteiger charge is -2.09. The molecule has 0 bridgehead atoms. The molecule has 0 spiro atoms. The van der Waals surface area contributed by atoms with Gasteiger partial charge in [0.25, 0.3) is 11.8 Å². The summed E-state index contributed by atoms with van der Waals surface area (Å²) < 4.78 is 13.5. The molecule has 3 N–H and O–H groups in total. The first-order chi connectivity index (χ1) is 11.9. The maximum atomic E-state index is 12.8. The predicted octanol–water partition coefficient (Wildman–Crippen LogP) is 1.71. The summed E-state index contributed by atoms with van der Waals surface area (Å²) in [4.78, 5) is 35.2.